The number of halogens is 1. The fourth-order valence-corrected chi connectivity index (χ4v) is 3.58. The molecule has 0 heterocycles. The Morgan fingerprint density at radius 3 is 1.74 bits per heavy atom. The number of rotatable bonds is 18. The predicted octanol–water partition coefficient (Wildman–Crippen LogP) is 2.85. The number of quaternary nitrogens is 1. The van der Waals surface area contributed by atoms with Crippen LogP contribution < -0.4 is 17.7 Å². The summed E-state index contributed by atoms with van der Waals surface area (Å²) in [4.78, 5) is 11.2. The molecule has 1 atom stereocenters. The fourth-order valence-electron chi connectivity index (χ4n) is 3.58. The van der Waals surface area contributed by atoms with E-state index in [9.17, 15) is 4.79 Å². The molecule has 1 unspecified atom stereocenters. The number of nitrogens with zero attached hydrogens (tertiary/aromatic N) is 1. The molecule has 0 saturated heterocycles. The van der Waals surface area contributed by atoms with Gasteiger partial charge in [-0.05, 0) is 25.3 Å². The van der Waals surface area contributed by atoms with E-state index in [1.165, 1.54) is 89.5 Å². The van der Waals surface area contributed by atoms with Crippen LogP contribution in [-0.2, 0) is 4.79 Å². The van der Waals surface area contributed by atoms with Crippen LogP contribution in [0.3, 0.4) is 0 Å². The van der Waals surface area contributed by atoms with Crippen molar-refractivity contribution in [1.29, 1.82) is 0 Å². The molecule has 0 aromatic rings. The van der Waals surface area contributed by atoms with Crippen LogP contribution >= 0.6 is 0 Å². The quantitative estimate of drug-likeness (QED) is 0.213. The van der Waals surface area contributed by atoms with E-state index >= 15 is 0 Å². The molecular weight excluding hydrogens is 356 g/mol. The van der Waals surface area contributed by atoms with Crippen LogP contribution in [0.25, 0.3) is 0 Å². The van der Waals surface area contributed by atoms with Crippen molar-refractivity contribution < 1.29 is 21.7 Å². The lowest BCUT2D eigenvalue weighted by atomic mass is 9.99. The van der Waals surface area contributed by atoms with Gasteiger partial charge in [-0.3, -0.25) is 4.79 Å². The maximum Gasteiger partial charge on any atom is 0.243 e. The Kier molecular flexibility index (Phi) is 20.0. The number of amides is 1. The van der Waals surface area contributed by atoms with Gasteiger partial charge in [-0.15, -0.1) is 0 Å². The third-order valence-corrected chi connectivity index (χ3v) is 5.44. The van der Waals surface area contributed by atoms with Gasteiger partial charge in [-0.1, -0.05) is 77.7 Å². The van der Waals surface area contributed by atoms with Crippen LogP contribution in [0.15, 0.2) is 12.7 Å². The van der Waals surface area contributed by atoms with Gasteiger partial charge in [-0.2, -0.15) is 0 Å². The summed E-state index contributed by atoms with van der Waals surface area (Å²) in [6, 6.07) is 0.689. The zero-order chi connectivity index (χ0) is 19.7. The third-order valence-electron chi connectivity index (χ3n) is 5.44. The van der Waals surface area contributed by atoms with E-state index in [0.717, 1.165) is 17.4 Å². The van der Waals surface area contributed by atoms with Crippen molar-refractivity contribution in [3.63, 3.8) is 0 Å². The second kappa shape index (κ2) is 18.8. The first-order valence-electron chi connectivity index (χ1n) is 11.1. The van der Waals surface area contributed by atoms with Gasteiger partial charge in [0, 0.05) is 13.0 Å². The first-order valence-corrected chi connectivity index (χ1v) is 11.1. The summed E-state index contributed by atoms with van der Waals surface area (Å²) in [6.45, 7) is 6.54. The SMILES string of the molecule is C=CC(=O)NCCCC(CCCCCCCCCCCCC)[N+](C)(C)C.[Cl-]. The topological polar surface area (TPSA) is 29.1 Å². The smallest absolute Gasteiger partial charge is 0.243 e. The van der Waals surface area contributed by atoms with Crippen molar-refractivity contribution in [2.45, 2.75) is 103 Å². The molecule has 3 nitrogen and oxygen atoms in total. The number of carbonyl (C=O) groups excluding carboxylic acids is 1. The summed E-state index contributed by atoms with van der Waals surface area (Å²) in [7, 11) is 6.89. The molecule has 0 radical (unpaired) electrons. The first kappa shape index (κ1) is 28.7. The van der Waals surface area contributed by atoms with Gasteiger partial charge in [-0.25, -0.2) is 0 Å². The van der Waals surface area contributed by atoms with Crippen LogP contribution in [0.5, 0.6) is 0 Å². The molecule has 0 aliphatic heterocycles. The molecule has 1 N–H and O–H groups in total. The first-order chi connectivity index (χ1) is 12.4. The average molecular weight is 403 g/mol. The van der Waals surface area contributed by atoms with Crippen molar-refractivity contribution in [3.8, 4) is 0 Å². The maximum atomic E-state index is 11.2. The molecule has 162 valence electrons. The largest absolute Gasteiger partial charge is 1.00 e. The Hall–Kier alpha value is -0.540. The summed E-state index contributed by atoms with van der Waals surface area (Å²) in [5.41, 5.74) is 0. The van der Waals surface area contributed by atoms with Gasteiger partial charge in [0.2, 0.25) is 5.91 Å². The Morgan fingerprint density at radius 2 is 1.30 bits per heavy atom. The summed E-state index contributed by atoms with van der Waals surface area (Å²) in [5.74, 6) is -0.0582. The van der Waals surface area contributed by atoms with Crippen LogP contribution in [0.4, 0.5) is 0 Å². The Labute approximate surface area is 176 Å². The lowest BCUT2D eigenvalue weighted by Gasteiger charge is -2.34. The van der Waals surface area contributed by atoms with Crippen LogP contribution in [-0.4, -0.2) is 44.1 Å². The highest BCUT2D eigenvalue weighted by molar-refractivity contribution is 5.86. The van der Waals surface area contributed by atoms with Gasteiger partial charge < -0.3 is 22.2 Å². The zero-order valence-corrected chi connectivity index (χ0v) is 19.5. The maximum absolute atomic E-state index is 11.2. The fraction of sp³-hybridized carbons (Fsp3) is 0.870. The predicted molar refractivity (Wildman–Crippen MR) is 115 cm³/mol. The molecule has 0 aliphatic carbocycles. The zero-order valence-electron chi connectivity index (χ0n) is 18.7. The number of hydrogen-bond acceptors (Lipinski definition) is 1. The van der Waals surface area contributed by atoms with E-state index < -0.39 is 0 Å². The molecule has 1 amide bonds. The molecule has 0 aliphatic rings. The number of nitrogens with one attached hydrogen (secondary N) is 1. The molecule has 0 rings (SSSR count). The van der Waals surface area contributed by atoms with Gasteiger partial charge in [0.15, 0.2) is 0 Å². The molecule has 0 bridgehead atoms. The molecule has 0 spiro atoms. The average Bonchev–Trinajstić information content (AvgIpc) is 2.59. The van der Waals surface area contributed by atoms with Crippen LogP contribution in [0.1, 0.15) is 96.8 Å². The van der Waals surface area contributed by atoms with Crippen LogP contribution in [0, 0.1) is 0 Å². The summed E-state index contributed by atoms with van der Waals surface area (Å²) in [6.07, 6.45) is 20.3. The number of hydrogen-bond donors (Lipinski definition) is 1. The molecule has 0 aromatic heterocycles. The van der Waals surface area contributed by atoms with E-state index in [2.05, 4.69) is 40.0 Å². The van der Waals surface area contributed by atoms with E-state index in [0.29, 0.717) is 6.04 Å². The third kappa shape index (κ3) is 18.6. The van der Waals surface area contributed by atoms with E-state index in [-0.39, 0.29) is 18.3 Å². The Morgan fingerprint density at radius 1 is 0.852 bits per heavy atom. The Balaban J connectivity index is 0. The molecular formula is C23H47ClN2O. The molecule has 4 heteroatoms. The highest BCUT2D eigenvalue weighted by Crippen LogP contribution is 2.18. The van der Waals surface area contributed by atoms with Gasteiger partial charge in [0.25, 0.3) is 0 Å². The van der Waals surface area contributed by atoms with E-state index in [1.807, 2.05) is 0 Å². The van der Waals surface area contributed by atoms with E-state index in [1.54, 1.807) is 0 Å². The monoisotopic (exact) mass is 402 g/mol. The van der Waals surface area contributed by atoms with E-state index in [4.69, 9.17) is 0 Å². The highest BCUT2D eigenvalue weighted by atomic mass is 35.5. The lowest BCUT2D eigenvalue weighted by Crippen LogP contribution is -3.00. The molecule has 0 fully saturated rings. The number of carbonyl (C=O) groups is 1. The van der Waals surface area contributed by atoms with Gasteiger partial charge >= 0.3 is 0 Å². The normalized spacial score (nSPS) is 12.3. The van der Waals surface area contributed by atoms with Crippen molar-refractivity contribution in [1.82, 2.24) is 5.32 Å². The van der Waals surface area contributed by atoms with Crippen molar-refractivity contribution >= 4 is 5.91 Å². The van der Waals surface area contributed by atoms with Crippen molar-refractivity contribution in [3.05, 3.63) is 12.7 Å². The molecule has 0 aromatic carbocycles. The van der Waals surface area contributed by atoms with Crippen molar-refractivity contribution in [2.75, 3.05) is 27.7 Å². The summed E-state index contributed by atoms with van der Waals surface area (Å²) < 4.78 is 1.02. The lowest BCUT2D eigenvalue weighted by molar-refractivity contribution is -0.896. The highest BCUT2D eigenvalue weighted by Gasteiger charge is 2.22. The minimum absolute atomic E-state index is 0. The molecule has 0 saturated carbocycles. The molecule has 27 heavy (non-hydrogen) atoms. The van der Waals surface area contributed by atoms with Gasteiger partial charge in [0.1, 0.15) is 0 Å². The standard InChI is InChI=1S/C23H46N2O.ClH/c1-6-8-9-10-11-12-13-14-15-16-17-19-22(25(3,4)5)20-18-21-24-23(26)7-2;/h7,22H,2,6,8-21H2,1,3-5H3;1H. The second-order valence-corrected chi connectivity index (χ2v) is 8.73. The minimum atomic E-state index is -0.0582. The second-order valence-electron chi connectivity index (χ2n) is 8.73. The summed E-state index contributed by atoms with van der Waals surface area (Å²) in [5, 5.41) is 2.89. The van der Waals surface area contributed by atoms with Crippen LogP contribution in [0.2, 0.25) is 0 Å². The minimum Gasteiger partial charge on any atom is -1.00 e. The van der Waals surface area contributed by atoms with Gasteiger partial charge in [0.05, 0.1) is 27.2 Å². The number of unbranched alkanes of at least 4 members (excludes halogenated alkanes) is 10. The summed E-state index contributed by atoms with van der Waals surface area (Å²) >= 11 is 0. The van der Waals surface area contributed by atoms with Crippen molar-refractivity contribution in [2.24, 2.45) is 0 Å². The Bertz CT molecular complexity index is 353.